The van der Waals surface area contributed by atoms with E-state index in [0.29, 0.717) is 5.69 Å². The molecule has 0 aromatic carbocycles. The standard InChI is InChI=1S/C13H20N4/c1-4-6-7-11(3)16-17(5-2)13-9-8-12(14)10-15-13/h5,8-10H,2,4,6-7,14H2,1,3H3/b16-11-. The van der Waals surface area contributed by atoms with Crippen molar-refractivity contribution < 1.29 is 0 Å². The predicted molar refractivity (Wildman–Crippen MR) is 74.0 cm³/mol. The molecule has 0 bridgehead atoms. The van der Waals surface area contributed by atoms with Crippen LogP contribution in [-0.2, 0) is 0 Å². The summed E-state index contributed by atoms with van der Waals surface area (Å²) in [6, 6.07) is 3.63. The summed E-state index contributed by atoms with van der Waals surface area (Å²) in [6.45, 7) is 7.92. The first-order valence-electron chi connectivity index (χ1n) is 5.84. The molecule has 0 aliphatic carbocycles. The van der Waals surface area contributed by atoms with Gasteiger partial charge >= 0.3 is 0 Å². The minimum Gasteiger partial charge on any atom is -0.397 e. The molecule has 2 N–H and O–H groups in total. The Balaban J connectivity index is 2.77. The fraction of sp³-hybridized carbons (Fsp3) is 0.385. The molecule has 92 valence electrons. The fourth-order valence-corrected chi connectivity index (χ4v) is 1.39. The number of aromatic nitrogens is 1. The molecule has 0 unspecified atom stereocenters. The first-order valence-corrected chi connectivity index (χ1v) is 5.84. The summed E-state index contributed by atoms with van der Waals surface area (Å²) in [6.07, 6.45) is 6.57. The molecule has 1 aromatic rings. The normalized spacial score (nSPS) is 11.3. The van der Waals surface area contributed by atoms with Gasteiger partial charge in [0.1, 0.15) is 0 Å². The van der Waals surface area contributed by atoms with Gasteiger partial charge in [-0.05, 0) is 31.9 Å². The largest absolute Gasteiger partial charge is 0.397 e. The number of hydrogen-bond donors (Lipinski definition) is 1. The van der Waals surface area contributed by atoms with Crippen molar-refractivity contribution in [3.63, 3.8) is 0 Å². The van der Waals surface area contributed by atoms with Crippen LogP contribution in [0.15, 0.2) is 36.2 Å². The van der Waals surface area contributed by atoms with Gasteiger partial charge < -0.3 is 5.73 Å². The molecule has 0 saturated heterocycles. The number of nitrogens with zero attached hydrogens (tertiary/aromatic N) is 3. The molecule has 0 spiro atoms. The summed E-state index contributed by atoms with van der Waals surface area (Å²) in [5.41, 5.74) is 7.31. The van der Waals surface area contributed by atoms with Gasteiger partial charge in [-0.2, -0.15) is 5.10 Å². The molecule has 17 heavy (non-hydrogen) atoms. The lowest BCUT2D eigenvalue weighted by Gasteiger charge is -2.14. The van der Waals surface area contributed by atoms with Gasteiger partial charge in [-0.15, -0.1) is 0 Å². The third kappa shape index (κ3) is 4.26. The highest BCUT2D eigenvalue weighted by molar-refractivity contribution is 5.82. The van der Waals surface area contributed by atoms with Gasteiger partial charge in [0.05, 0.1) is 11.9 Å². The second-order valence-electron chi connectivity index (χ2n) is 3.92. The van der Waals surface area contributed by atoms with Gasteiger partial charge in [-0.25, -0.2) is 9.99 Å². The van der Waals surface area contributed by atoms with E-state index in [9.17, 15) is 0 Å². The topological polar surface area (TPSA) is 54.5 Å². The number of hydrazone groups is 1. The smallest absolute Gasteiger partial charge is 0.153 e. The van der Waals surface area contributed by atoms with Gasteiger partial charge in [-0.3, -0.25) is 0 Å². The van der Waals surface area contributed by atoms with Crippen LogP contribution in [0.1, 0.15) is 33.1 Å². The van der Waals surface area contributed by atoms with Gasteiger partial charge in [0.15, 0.2) is 5.82 Å². The van der Waals surface area contributed by atoms with Crippen molar-refractivity contribution in [3.8, 4) is 0 Å². The second kappa shape index (κ2) is 6.68. The molecule has 0 aliphatic heterocycles. The minimum absolute atomic E-state index is 0.643. The maximum Gasteiger partial charge on any atom is 0.153 e. The summed E-state index contributed by atoms with van der Waals surface area (Å²) < 4.78 is 0. The van der Waals surface area contributed by atoms with Crippen LogP contribution in [-0.4, -0.2) is 10.7 Å². The molecule has 1 rings (SSSR count). The summed E-state index contributed by atoms with van der Waals surface area (Å²) in [7, 11) is 0. The average Bonchev–Trinajstić information content (AvgIpc) is 2.34. The van der Waals surface area contributed by atoms with E-state index < -0.39 is 0 Å². The van der Waals surface area contributed by atoms with E-state index in [0.717, 1.165) is 24.4 Å². The molecule has 0 atom stereocenters. The highest BCUT2D eigenvalue weighted by Gasteiger charge is 2.02. The van der Waals surface area contributed by atoms with E-state index in [1.807, 2.05) is 13.0 Å². The van der Waals surface area contributed by atoms with Crippen molar-refractivity contribution in [1.29, 1.82) is 0 Å². The molecule has 4 nitrogen and oxygen atoms in total. The molecule has 0 amide bonds. The van der Waals surface area contributed by atoms with E-state index in [2.05, 4.69) is 23.6 Å². The number of anilines is 2. The van der Waals surface area contributed by atoms with Gasteiger partial charge in [-0.1, -0.05) is 19.9 Å². The van der Waals surface area contributed by atoms with E-state index >= 15 is 0 Å². The first kappa shape index (κ1) is 13.2. The summed E-state index contributed by atoms with van der Waals surface area (Å²) in [5.74, 6) is 0.727. The molecule has 1 heterocycles. The Morgan fingerprint density at radius 1 is 1.59 bits per heavy atom. The number of nitrogen functional groups attached to an aromatic ring is 1. The number of unbranched alkanes of at least 4 members (excludes halogenated alkanes) is 1. The summed E-state index contributed by atoms with van der Waals surface area (Å²) >= 11 is 0. The van der Waals surface area contributed by atoms with Crippen LogP contribution in [0.5, 0.6) is 0 Å². The van der Waals surface area contributed by atoms with Crippen molar-refractivity contribution in [1.82, 2.24) is 4.98 Å². The van der Waals surface area contributed by atoms with Crippen LogP contribution in [0.2, 0.25) is 0 Å². The highest BCUT2D eigenvalue weighted by Crippen LogP contribution is 2.13. The second-order valence-corrected chi connectivity index (χ2v) is 3.92. The van der Waals surface area contributed by atoms with Crippen LogP contribution >= 0.6 is 0 Å². The average molecular weight is 232 g/mol. The SMILES string of the molecule is C=CN(/N=C(/C)CCCC)c1ccc(N)cn1. The molecule has 4 heteroatoms. The number of nitrogens with two attached hydrogens (primary N) is 1. The summed E-state index contributed by atoms with van der Waals surface area (Å²) in [5, 5.41) is 6.13. The Hall–Kier alpha value is -1.84. The van der Waals surface area contributed by atoms with Crippen LogP contribution in [0.3, 0.4) is 0 Å². The lowest BCUT2D eigenvalue weighted by molar-refractivity contribution is 0.827. The van der Waals surface area contributed by atoms with Gasteiger partial charge in [0, 0.05) is 11.9 Å². The van der Waals surface area contributed by atoms with Crippen LogP contribution < -0.4 is 10.7 Å². The van der Waals surface area contributed by atoms with Crippen molar-refractivity contribution in [3.05, 3.63) is 31.1 Å². The quantitative estimate of drug-likeness (QED) is 0.605. The Morgan fingerprint density at radius 2 is 2.35 bits per heavy atom. The van der Waals surface area contributed by atoms with Crippen molar-refractivity contribution in [2.24, 2.45) is 5.10 Å². The highest BCUT2D eigenvalue weighted by atomic mass is 15.5. The molecule has 1 aromatic heterocycles. The third-order valence-corrected chi connectivity index (χ3v) is 2.35. The molecule has 0 aliphatic rings. The van der Waals surface area contributed by atoms with E-state index in [4.69, 9.17) is 5.73 Å². The lowest BCUT2D eigenvalue weighted by Crippen LogP contribution is -2.11. The van der Waals surface area contributed by atoms with Gasteiger partial charge in [0.2, 0.25) is 0 Å². The molecule has 0 fully saturated rings. The number of hydrogen-bond acceptors (Lipinski definition) is 4. The first-order chi connectivity index (χ1) is 8.17. The third-order valence-electron chi connectivity index (χ3n) is 2.35. The number of rotatable bonds is 6. The minimum atomic E-state index is 0.643. The fourth-order valence-electron chi connectivity index (χ4n) is 1.39. The zero-order chi connectivity index (χ0) is 12.7. The van der Waals surface area contributed by atoms with E-state index in [-0.39, 0.29) is 0 Å². The molecular weight excluding hydrogens is 212 g/mol. The Kier molecular flexibility index (Phi) is 5.20. The Labute approximate surface area is 103 Å². The summed E-state index contributed by atoms with van der Waals surface area (Å²) in [4.78, 5) is 4.21. The van der Waals surface area contributed by atoms with Crippen LogP contribution in [0, 0.1) is 0 Å². The monoisotopic (exact) mass is 232 g/mol. The van der Waals surface area contributed by atoms with Crippen molar-refractivity contribution in [2.45, 2.75) is 33.1 Å². The Bertz CT molecular complexity index is 381. The van der Waals surface area contributed by atoms with Crippen LogP contribution in [0.4, 0.5) is 11.5 Å². The number of pyridine rings is 1. The maximum atomic E-state index is 5.59. The lowest BCUT2D eigenvalue weighted by atomic mass is 10.2. The van der Waals surface area contributed by atoms with E-state index in [1.165, 1.54) is 6.42 Å². The van der Waals surface area contributed by atoms with E-state index in [1.54, 1.807) is 23.5 Å². The predicted octanol–water partition coefficient (Wildman–Crippen LogP) is 3.18. The molecule has 0 saturated carbocycles. The zero-order valence-corrected chi connectivity index (χ0v) is 10.6. The van der Waals surface area contributed by atoms with Gasteiger partial charge in [0.25, 0.3) is 0 Å². The zero-order valence-electron chi connectivity index (χ0n) is 10.6. The van der Waals surface area contributed by atoms with Crippen molar-refractivity contribution in [2.75, 3.05) is 10.7 Å². The Morgan fingerprint density at radius 3 is 2.88 bits per heavy atom. The van der Waals surface area contributed by atoms with Crippen LogP contribution in [0.25, 0.3) is 0 Å². The molecule has 0 radical (unpaired) electrons. The van der Waals surface area contributed by atoms with Crippen molar-refractivity contribution >= 4 is 17.2 Å². The molecular formula is C13H20N4. The maximum absolute atomic E-state index is 5.59.